The lowest BCUT2D eigenvalue weighted by Crippen LogP contribution is -2.53. The fourth-order valence-corrected chi connectivity index (χ4v) is 4.20. The van der Waals surface area contributed by atoms with Crippen LogP contribution in [0.2, 0.25) is 0 Å². The standard InChI is InChI=1S/C19H20N2O2/c1-14-7-8-18-15(11-14)12-17-9-10-19(21(22)23,13-20(17)18)16-5-3-2-4-6-16/h2-8,11,17H,9-10,12-13H2,1H3/t17?,19-/m1/s1. The largest absolute Gasteiger partial charge is 0.360 e. The van der Waals surface area contributed by atoms with Crippen molar-refractivity contribution in [3.05, 3.63) is 75.3 Å². The first-order valence-electron chi connectivity index (χ1n) is 8.16. The zero-order valence-electron chi connectivity index (χ0n) is 13.2. The van der Waals surface area contributed by atoms with Gasteiger partial charge >= 0.3 is 0 Å². The molecule has 0 spiro atoms. The molecule has 23 heavy (non-hydrogen) atoms. The Kier molecular flexibility index (Phi) is 3.15. The van der Waals surface area contributed by atoms with E-state index in [0.29, 0.717) is 19.0 Å². The molecule has 0 aromatic heterocycles. The monoisotopic (exact) mass is 308 g/mol. The van der Waals surface area contributed by atoms with E-state index in [0.717, 1.165) is 18.4 Å². The number of benzene rings is 2. The fraction of sp³-hybridized carbons (Fsp3) is 0.368. The molecule has 1 unspecified atom stereocenters. The number of rotatable bonds is 2. The SMILES string of the molecule is Cc1ccc2c(c1)CC1CC[C@@](c3ccccc3)([N+](=O)[O-])CN21. The molecule has 2 aromatic rings. The number of nitrogens with zero attached hydrogens (tertiary/aromatic N) is 2. The summed E-state index contributed by atoms with van der Waals surface area (Å²) in [6.07, 6.45) is 2.49. The molecule has 2 atom stereocenters. The minimum Gasteiger partial charge on any atom is -0.360 e. The smallest absolute Gasteiger partial charge is 0.264 e. The molecular formula is C19H20N2O2. The van der Waals surface area contributed by atoms with Gasteiger partial charge in [-0.3, -0.25) is 10.1 Å². The van der Waals surface area contributed by atoms with Crippen LogP contribution in [0.15, 0.2) is 48.5 Å². The Morgan fingerprint density at radius 1 is 1.22 bits per heavy atom. The maximum atomic E-state index is 12.0. The highest BCUT2D eigenvalue weighted by atomic mass is 16.6. The van der Waals surface area contributed by atoms with Gasteiger partial charge in [-0.05, 0) is 31.4 Å². The highest BCUT2D eigenvalue weighted by Crippen LogP contribution is 2.44. The molecule has 1 saturated heterocycles. The van der Waals surface area contributed by atoms with Crippen molar-refractivity contribution in [1.82, 2.24) is 0 Å². The van der Waals surface area contributed by atoms with Crippen LogP contribution in [-0.4, -0.2) is 17.5 Å². The van der Waals surface area contributed by atoms with E-state index in [9.17, 15) is 10.1 Å². The highest BCUT2D eigenvalue weighted by molar-refractivity contribution is 5.61. The van der Waals surface area contributed by atoms with E-state index in [-0.39, 0.29) is 4.92 Å². The molecule has 4 rings (SSSR count). The quantitative estimate of drug-likeness (QED) is 0.628. The second-order valence-electron chi connectivity index (χ2n) is 6.81. The molecule has 4 nitrogen and oxygen atoms in total. The Hall–Kier alpha value is -2.36. The normalized spacial score (nSPS) is 25.8. The first-order chi connectivity index (χ1) is 11.1. The number of hydrogen-bond acceptors (Lipinski definition) is 3. The van der Waals surface area contributed by atoms with E-state index in [4.69, 9.17) is 0 Å². The molecule has 2 heterocycles. The first-order valence-corrected chi connectivity index (χ1v) is 8.16. The molecule has 2 aromatic carbocycles. The molecule has 2 aliphatic rings. The van der Waals surface area contributed by atoms with Gasteiger partial charge in [0.15, 0.2) is 0 Å². The summed E-state index contributed by atoms with van der Waals surface area (Å²) < 4.78 is 0. The topological polar surface area (TPSA) is 46.4 Å². The van der Waals surface area contributed by atoms with Crippen LogP contribution < -0.4 is 4.90 Å². The number of hydrogen-bond donors (Lipinski definition) is 0. The summed E-state index contributed by atoms with van der Waals surface area (Å²) in [5.41, 5.74) is 3.60. The van der Waals surface area contributed by atoms with Gasteiger partial charge in [-0.25, -0.2) is 0 Å². The Bertz CT molecular complexity index is 759. The van der Waals surface area contributed by atoms with Crippen LogP contribution in [0.3, 0.4) is 0 Å². The molecule has 4 heteroatoms. The van der Waals surface area contributed by atoms with Crippen LogP contribution in [0, 0.1) is 17.0 Å². The molecule has 0 N–H and O–H groups in total. The van der Waals surface area contributed by atoms with Gasteiger partial charge in [-0.15, -0.1) is 0 Å². The van der Waals surface area contributed by atoms with Crippen molar-refractivity contribution in [3.8, 4) is 0 Å². The van der Waals surface area contributed by atoms with Crippen molar-refractivity contribution in [2.75, 3.05) is 11.4 Å². The van der Waals surface area contributed by atoms with Crippen LogP contribution in [0.5, 0.6) is 0 Å². The van der Waals surface area contributed by atoms with E-state index in [1.807, 2.05) is 30.3 Å². The van der Waals surface area contributed by atoms with Crippen molar-refractivity contribution >= 4 is 5.69 Å². The van der Waals surface area contributed by atoms with Crippen LogP contribution in [0.25, 0.3) is 0 Å². The van der Waals surface area contributed by atoms with Crippen molar-refractivity contribution < 1.29 is 4.92 Å². The molecular weight excluding hydrogens is 288 g/mol. The van der Waals surface area contributed by atoms with Crippen molar-refractivity contribution in [3.63, 3.8) is 0 Å². The lowest BCUT2D eigenvalue weighted by Gasteiger charge is -2.40. The van der Waals surface area contributed by atoms with Crippen molar-refractivity contribution in [2.24, 2.45) is 0 Å². The molecule has 0 radical (unpaired) electrons. The van der Waals surface area contributed by atoms with Crippen LogP contribution >= 0.6 is 0 Å². The van der Waals surface area contributed by atoms with E-state index in [1.54, 1.807) is 0 Å². The van der Waals surface area contributed by atoms with E-state index < -0.39 is 5.54 Å². The van der Waals surface area contributed by atoms with Gasteiger partial charge in [-0.2, -0.15) is 0 Å². The van der Waals surface area contributed by atoms with Gasteiger partial charge in [0.2, 0.25) is 0 Å². The van der Waals surface area contributed by atoms with E-state index >= 15 is 0 Å². The zero-order valence-corrected chi connectivity index (χ0v) is 13.2. The Labute approximate surface area is 135 Å². The number of fused-ring (bicyclic) bond motifs is 3. The minimum atomic E-state index is -0.996. The lowest BCUT2D eigenvalue weighted by atomic mass is 9.80. The third kappa shape index (κ3) is 2.12. The van der Waals surface area contributed by atoms with Crippen LogP contribution in [-0.2, 0) is 12.0 Å². The summed E-state index contributed by atoms with van der Waals surface area (Å²) in [5, 5.41) is 12.0. The molecule has 1 fully saturated rings. The van der Waals surface area contributed by atoms with Crippen molar-refractivity contribution in [2.45, 2.75) is 37.8 Å². The van der Waals surface area contributed by atoms with Gasteiger partial charge in [-0.1, -0.05) is 48.0 Å². The summed E-state index contributed by atoms with van der Waals surface area (Å²) in [5.74, 6) is 0. The van der Waals surface area contributed by atoms with E-state index in [1.165, 1.54) is 16.8 Å². The van der Waals surface area contributed by atoms with Gasteiger partial charge in [0.1, 0.15) is 0 Å². The zero-order chi connectivity index (χ0) is 16.0. The predicted molar refractivity (Wildman–Crippen MR) is 90.4 cm³/mol. The van der Waals surface area contributed by atoms with Gasteiger partial charge in [0.05, 0.1) is 6.54 Å². The Morgan fingerprint density at radius 2 is 2.00 bits per heavy atom. The summed E-state index contributed by atoms with van der Waals surface area (Å²) in [6, 6.07) is 16.4. The molecule has 2 aliphatic heterocycles. The summed E-state index contributed by atoms with van der Waals surface area (Å²) >= 11 is 0. The van der Waals surface area contributed by atoms with Crippen molar-refractivity contribution in [1.29, 1.82) is 0 Å². The average molecular weight is 308 g/mol. The van der Waals surface area contributed by atoms with Crippen LogP contribution in [0.4, 0.5) is 5.69 Å². The Morgan fingerprint density at radius 3 is 2.74 bits per heavy atom. The maximum absolute atomic E-state index is 12.0. The number of nitro groups is 1. The summed E-state index contributed by atoms with van der Waals surface area (Å²) in [7, 11) is 0. The van der Waals surface area contributed by atoms with Gasteiger partial charge < -0.3 is 4.90 Å². The third-order valence-corrected chi connectivity index (χ3v) is 5.42. The Balaban J connectivity index is 1.76. The third-order valence-electron chi connectivity index (χ3n) is 5.42. The molecule has 0 amide bonds. The second-order valence-corrected chi connectivity index (χ2v) is 6.81. The highest BCUT2D eigenvalue weighted by Gasteiger charge is 2.52. The van der Waals surface area contributed by atoms with Gasteiger partial charge in [0.25, 0.3) is 5.54 Å². The number of anilines is 1. The molecule has 0 saturated carbocycles. The fourth-order valence-electron chi connectivity index (χ4n) is 4.20. The minimum absolute atomic E-state index is 0.0647. The molecule has 0 bridgehead atoms. The first kappa shape index (κ1) is 14.2. The number of piperidine rings is 1. The molecule has 118 valence electrons. The second kappa shape index (κ2) is 5.08. The average Bonchev–Trinajstić information content (AvgIpc) is 2.91. The van der Waals surface area contributed by atoms with E-state index in [2.05, 4.69) is 30.0 Å². The molecule has 0 aliphatic carbocycles. The summed E-state index contributed by atoms with van der Waals surface area (Å²) in [6.45, 7) is 2.56. The maximum Gasteiger partial charge on any atom is 0.264 e. The number of aryl methyl sites for hydroxylation is 1. The van der Waals surface area contributed by atoms with Gasteiger partial charge in [0, 0.05) is 28.6 Å². The lowest BCUT2D eigenvalue weighted by molar-refractivity contribution is -0.579. The predicted octanol–water partition coefficient (Wildman–Crippen LogP) is 3.69. The van der Waals surface area contributed by atoms with Crippen LogP contribution in [0.1, 0.15) is 29.5 Å². The summed E-state index contributed by atoms with van der Waals surface area (Å²) in [4.78, 5) is 14.2.